The van der Waals surface area contributed by atoms with Gasteiger partial charge < -0.3 is 9.30 Å². The Kier molecular flexibility index (Phi) is 4.27. The molecule has 4 nitrogen and oxygen atoms in total. The number of methoxy groups -OCH3 is 1. The number of H-pyrrole nitrogens is 1. The summed E-state index contributed by atoms with van der Waals surface area (Å²) in [4.78, 5) is 0. The largest absolute Gasteiger partial charge is 0.371 e. The van der Waals surface area contributed by atoms with Crippen LogP contribution in [0.1, 0.15) is 39.9 Å². The number of rotatable bonds is 5. The van der Waals surface area contributed by atoms with Crippen molar-refractivity contribution < 1.29 is 4.74 Å². The van der Waals surface area contributed by atoms with Crippen LogP contribution in [0.2, 0.25) is 0 Å². The van der Waals surface area contributed by atoms with E-state index >= 15 is 0 Å². The van der Waals surface area contributed by atoms with Gasteiger partial charge in [0.2, 0.25) is 0 Å². The third-order valence-corrected chi connectivity index (χ3v) is 3.22. The highest BCUT2D eigenvalue weighted by atomic mass is 32.1. The molecule has 1 heterocycles. The summed E-state index contributed by atoms with van der Waals surface area (Å²) in [5, 5.41) is 7.16. The van der Waals surface area contributed by atoms with E-state index in [-0.39, 0.29) is 5.60 Å². The van der Waals surface area contributed by atoms with Gasteiger partial charge in [-0.15, -0.1) is 0 Å². The van der Waals surface area contributed by atoms with Crippen molar-refractivity contribution in [3.63, 3.8) is 0 Å². The lowest BCUT2D eigenvalue weighted by Gasteiger charge is -2.26. The van der Waals surface area contributed by atoms with E-state index in [0.29, 0.717) is 10.7 Å². The Balaban J connectivity index is 3.18. The van der Waals surface area contributed by atoms with E-state index in [0.717, 1.165) is 18.8 Å². The van der Waals surface area contributed by atoms with E-state index in [4.69, 9.17) is 17.0 Å². The number of hydrogen-bond donors (Lipinski definition) is 1. The molecule has 92 valence electrons. The minimum absolute atomic E-state index is 0.373. The zero-order chi connectivity index (χ0) is 12.3. The van der Waals surface area contributed by atoms with Gasteiger partial charge in [0.05, 0.1) is 0 Å². The number of nitrogens with one attached hydrogen (secondary N) is 1. The number of aromatic nitrogens is 3. The number of hydrogen-bond acceptors (Lipinski definition) is 3. The minimum Gasteiger partial charge on any atom is -0.371 e. The first-order chi connectivity index (χ1) is 7.44. The normalized spacial score (nSPS) is 15.4. The van der Waals surface area contributed by atoms with Crippen molar-refractivity contribution in [2.24, 2.45) is 5.92 Å². The molecule has 0 amide bonds. The molecule has 0 bridgehead atoms. The molecule has 1 atom stereocenters. The van der Waals surface area contributed by atoms with Crippen LogP contribution in [0.15, 0.2) is 0 Å². The van der Waals surface area contributed by atoms with Gasteiger partial charge in [0.15, 0.2) is 10.6 Å². The van der Waals surface area contributed by atoms with Crippen molar-refractivity contribution in [3.05, 3.63) is 10.6 Å². The van der Waals surface area contributed by atoms with Crippen LogP contribution in [-0.2, 0) is 16.9 Å². The summed E-state index contributed by atoms with van der Waals surface area (Å²) in [5.74, 6) is 1.41. The Morgan fingerprint density at radius 1 is 1.56 bits per heavy atom. The van der Waals surface area contributed by atoms with Crippen LogP contribution in [0.4, 0.5) is 0 Å². The summed E-state index contributed by atoms with van der Waals surface area (Å²) >= 11 is 5.25. The SMILES string of the molecule is CCC(C)(OC)c1n[nH]c(=S)n1CC(C)C. The summed E-state index contributed by atoms with van der Waals surface area (Å²) in [6.45, 7) is 9.31. The van der Waals surface area contributed by atoms with E-state index in [1.165, 1.54) is 0 Å². The van der Waals surface area contributed by atoms with Crippen LogP contribution in [-0.4, -0.2) is 21.9 Å². The van der Waals surface area contributed by atoms with Gasteiger partial charge in [-0.2, -0.15) is 5.10 Å². The smallest absolute Gasteiger partial charge is 0.195 e. The second kappa shape index (κ2) is 5.10. The number of ether oxygens (including phenoxy) is 1. The summed E-state index contributed by atoms with van der Waals surface area (Å²) in [5.41, 5.74) is -0.373. The third-order valence-electron chi connectivity index (χ3n) is 2.90. The molecule has 0 saturated heterocycles. The van der Waals surface area contributed by atoms with E-state index in [2.05, 4.69) is 31.0 Å². The molecular formula is C11H21N3OS. The van der Waals surface area contributed by atoms with E-state index in [9.17, 15) is 0 Å². The predicted molar refractivity (Wildman–Crippen MR) is 66.9 cm³/mol. The standard InChI is InChI=1S/C11H21N3OS/c1-6-11(4,15-5)9-12-13-10(16)14(9)7-8(2)3/h8H,6-7H2,1-5H3,(H,13,16). The van der Waals surface area contributed by atoms with Gasteiger partial charge in [0.1, 0.15) is 5.60 Å². The Morgan fingerprint density at radius 2 is 2.19 bits per heavy atom. The van der Waals surface area contributed by atoms with Crippen LogP contribution in [0.25, 0.3) is 0 Å². The zero-order valence-corrected chi connectivity index (χ0v) is 11.5. The molecule has 5 heteroatoms. The summed E-state index contributed by atoms with van der Waals surface area (Å²) in [6.07, 6.45) is 0.862. The highest BCUT2D eigenvalue weighted by Crippen LogP contribution is 2.26. The van der Waals surface area contributed by atoms with Gasteiger partial charge in [0, 0.05) is 13.7 Å². The maximum Gasteiger partial charge on any atom is 0.195 e. The van der Waals surface area contributed by atoms with E-state index < -0.39 is 0 Å². The van der Waals surface area contributed by atoms with Crippen molar-refractivity contribution in [2.45, 2.75) is 46.3 Å². The van der Waals surface area contributed by atoms with Crippen LogP contribution >= 0.6 is 12.2 Å². The molecule has 0 radical (unpaired) electrons. The maximum atomic E-state index is 5.56. The molecule has 1 unspecified atom stereocenters. The van der Waals surface area contributed by atoms with Crippen molar-refractivity contribution in [1.29, 1.82) is 0 Å². The second-order valence-corrected chi connectivity index (χ2v) is 5.03. The summed E-state index contributed by atoms with van der Waals surface area (Å²) in [7, 11) is 1.71. The van der Waals surface area contributed by atoms with Gasteiger partial charge in [-0.1, -0.05) is 20.8 Å². The van der Waals surface area contributed by atoms with Gasteiger partial charge in [-0.05, 0) is 31.5 Å². The molecule has 0 aliphatic rings. The van der Waals surface area contributed by atoms with Gasteiger partial charge in [0.25, 0.3) is 0 Å². The highest BCUT2D eigenvalue weighted by molar-refractivity contribution is 7.71. The minimum atomic E-state index is -0.373. The molecule has 1 aromatic rings. The average molecular weight is 243 g/mol. The second-order valence-electron chi connectivity index (χ2n) is 4.65. The van der Waals surface area contributed by atoms with Crippen molar-refractivity contribution in [2.75, 3.05) is 7.11 Å². The lowest BCUT2D eigenvalue weighted by Crippen LogP contribution is -2.28. The first-order valence-electron chi connectivity index (χ1n) is 5.65. The van der Waals surface area contributed by atoms with Crippen LogP contribution in [0.5, 0.6) is 0 Å². The van der Waals surface area contributed by atoms with Crippen LogP contribution < -0.4 is 0 Å². The Labute approximate surface area is 102 Å². The Hall–Kier alpha value is -0.680. The number of nitrogens with zero attached hydrogens (tertiary/aromatic N) is 2. The fourth-order valence-electron chi connectivity index (χ4n) is 1.65. The molecular weight excluding hydrogens is 222 g/mol. The first-order valence-corrected chi connectivity index (χ1v) is 6.06. The zero-order valence-electron chi connectivity index (χ0n) is 10.7. The van der Waals surface area contributed by atoms with Crippen LogP contribution in [0.3, 0.4) is 0 Å². The van der Waals surface area contributed by atoms with E-state index in [1.807, 2.05) is 11.5 Å². The predicted octanol–water partition coefficient (Wildman–Crippen LogP) is 2.87. The molecule has 0 fully saturated rings. The van der Waals surface area contributed by atoms with Crippen LogP contribution in [0, 0.1) is 10.7 Å². The fourth-order valence-corrected chi connectivity index (χ4v) is 1.86. The maximum absolute atomic E-state index is 5.56. The molecule has 0 aliphatic heterocycles. The van der Waals surface area contributed by atoms with Gasteiger partial charge in [-0.3, -0.25) is 5.10 Å². The summed E-state index contributed by atoms with van der Waals surface area (Å²) < 4.78 is 8.26. The lowest BCUT2D eigenvalue weighted by molar-refractivity contribution is -0.0125. The molecule has 0 saturated carbocycles. The average Bonchev–Trinajstić information content (AvgIpc) is 2.59. The van der Waals surface area contributed by atoms with Gasteiger partial charge in [-0.25, -0.2) is 0 Å². The Bertz CT molecular complexity index is 390. The third kappa shape index (κ3) is 2.52. The van der Waals surface area contributed by atoms with Gasteiger partial charge >= 0.3 is 0 Å². The summed E-state index contributed by atoms with van der Waals surface area (Å²) in [6, 6.07) is 0. The molecule has 0 aliphatic carbocycles. The molecule has 0 aromatic carbocycles. The molecule has 16 heavy (non-hydrogen) atoms. The first kappa shape index (κ1) is 13.4. The van der Waals surface area contributed by atoms with Crippen molar-refractivity contribution in [1.82, 2.24) is 14.8 Å². The van der Waals surface area contributed by atoms with Crippen molar-refractivity contribution in [3.8, 4) is 0 Å². The fraction of sp³-hybridized carbons (Fsp3) is 0.818. The molecule has 1 rings (SSSR count). The topological polar surface area (TPSA) is 42.8 Å². The lowest BCUT2D eigenvalue weighted by atomic mass is 10.0. The Morgan fingerprint density at radius 3 is 2.62 bits per heavy atom. The number of aromatic amines is 1. The molecule has 1 N–H and O–H groups in total. The molecule has 0 spiro atoms. The monoisotopic (exact) mass is 243 g/mol. The van der Waals surface area contributed by atoms with Crippen molar-refractivity contribution >= 4 is 12.2 Å². The highest BCUT2D eigenvalue weighted by Gasteiger charge is 2.30. The van der Waals surface area contributed by atoms with E-state index in [1.54, 1.807) is 7.11 Å². The molecule has 1 aromatic heterocycles. The quantitative estimate of drug-likeness (QED) is 0.809.